The molecule has 1 amide bonds. The highest BCUT2D eigenvalue weighted by Crippen LogP contribution is 2.18. The molecule has 0 spiro atoms. The highest BCUT2D eigenvalue weighted by molar-refractivity contribution is 5.97. The standard InChI is InChI=1S/C19H29N5O2/c20-19(22-26-15-18(25)24-12-4-1-2-5-13-24)16-8-9-21-17(14-16)23-10-6-3-7-11-23/h8-9,14H,1-7,10-13,15H2,(H2,20,22). The van der Waals surface area contributed by atoms with Gasteiger partial charge in [0.05, 0.1) is 0 Å². The summed E-state index contributed by atoms with van der Waals surface area (Å²) in [7, 11) is 0. The molecule has 0 bridgehead atoms. The van der Waals surface area contributed by atoms with Crippen LogP contribution in [0.5, 0.6) is 0 Å². The van der Waals surface area contributed by atoms with Gasteiger partial charge in [-0.1, -0.05) is 18.0 Å². The third kappa shape index (κ3) is 5.09. The lowest BCUT2D eigenvalue weighted by atomic mass is 10.1. The number of piperidine rings is 1. The maximum Gasteiger partial charge on any atom is 0.263 e. The van der Waals surface area contributed by atoms with E-state index in [-0.39, 0.29) is 18.3 Å². The molecule has 0 radical (unpaired) electrons. The quantitative estimate of drug-likeness (QED) is 0.494. The third-order valence-corrected chi connectivity index (χ3v) is 5.03. The van der Waals surface area contributed by atoms with Crippen LogP contribution in [0.3, 0.4) is 0 Å². The minimum absolute atomic E-state index is 0.0211. The van der Waals surface area contributed by atoms with Crippen molar-refractivity contribution in [1.29, 1.82) is 0 Å². The summed E-state index contributed by atoms with van der Waals surface area (Å²) in [5.74, 6) is 1.17. The zero-order valence-corrected chi connectivity index (χ0v) is 15.4. The van der Waals surface area contributed by atoms with E-state index in [2.05, 4.69) is 15.0 Å². The molecule has 0 aromatic carbocycles. The van der Waals surface area contributed by atoms with E-state index in [4.69, 9.17) is 10.6 Å². The van der Waals surface area contributed by atoms with E-state index >= 15 is 0 Å². The number of hydrogen-bond donors (Lipinski definition) is 1. The van der Waals surface area contributed by atoms with Gasteiger partial charge in [0.1, 0.15) is 5.82 Å². The Labute approximate surface area is 155 Å². The molecule has 3 rings (SSSR count). The number of carbonyl (C=O) groups excluding carboxylic acids is 1. The Morgan fingerprint density at radius 3 is 2.46 bits per heavy atom. The fourth-order valence-electron chi connectivity index (χ4n) is 3.49. The summed E-state index contributed by atoms with van der Waals surface area (Å²) in [6.45, 7) is 3.60. The Hall–Kier alpha value is -2.31. The van der Waals surface area contributed by atoms with Crippen LogP contribution >= 0.6 is 0 Å². The maximum absolute atomic E-state index is 12.2. The molecule has 2 aliphatic heterocycles. The minimum Gasteiger partial charge on any atom is -0.384 e. The molecule has 142 valence electrons. The normalized spacial score (nSPS) is 19.2. The predicted octanol–water partition coefficient (Wildman–Crippen LogP) is 2.11. The minimum atomic E-state index is -0.0647. The first-order chi connectivity index (χ1) is 12.7. The Morgan fingerprint density at radius 1 is 1.08 bits per heavy atom. The maximum atomic E-state index is 12.2. The van der Waals surface area contributed by atoms with Crippen molar-refractivity contribution in [3.8, 4) is 0 Å². The SMILES string of the molecule is N/C(=N\OCC(=O)N1CCCCCC1)c1ccnc(N2CCCCC2)c1. The number of nitrogens with zero attached hydrogens (tertiary/aromatic N) is 4. The molecule has 7 heteroatoms. The number of rotatable bonds is 5. The summed E-state index contributed by atoms with van der Waals surface area (Å²) in [6.07, 6.45) is 9.91. The summed E-state index contributed by atoms with van der Waals surface area (Å²) < 4.78 is 0. The van der Waals surface area contributed by atoms with Crippen molar-refractivity contribution in [2.75, 3.05) is 37.7 Å². The second-order valence-electron chi connectivity index (χ2n) is 7.00. The van der Waals surface area contributed by atoms with Gasteiger partial charge in [-0.2, -0.15) is 0 Å². The molecule has 2 N–H and O–H groups in total. The molecule has 2 fully saturated rings. The second kappa shape index (κ2) is 9.40. The number of nitrogens with two attached hydrogens (primary N) is 1. The van der Waals surface area contributed by atoms with Crippen LogP contribution in [0.4, 0.5) is 5.82 Å². The number of aromatic nitrogens is 1. The first-order valence-corrected chi connectivity index (χ1v) is 9.68. The molecular formula is C19H29N5O2. The molecule has 0 atom stereocenters. The average Bonchev–Trinajstić information content (AvgIpc) is 2.98. The van der Waals surface area contributed by atoms with Crippen LogP contribution in [-0.4, -0.2) is 54.4 Å². The number of carbonyl (C=O) groups is 1. The number of likely N-dealkylation sites (tertiary alicyclic amines) is 1. The topological polar surface area (TPSA) is 84.0 Å². The molecule has 7 nitrogen and oxygen atoms in total. The van der Waals surface area contributed by atoms with Gasteiger partial charge in [0.25, 0.3) is 5.91 Å². The first-order valence-electron chi connectivity index (χ1n) is 9.68. The van der Waals surface area contributed by atoms with Crippen molar-refractivity contribution in [3.63, 3.8) is 0 Å². The van der Waals surface area contributed by atoms with Gasteiger partial charge in [0.15, 0.2) is 12.4 Å². The van der Waals surface area contributed by atoms with Crippen LogP contribution in [0.25, 0.3) is 0 Å². The van der Waals surface area contributed by atoms with Crippen LogP contribution in [0.15, 0.2) is 23.5 Å². The van der Waals surface area contributed by atoms with Gasteiger partial charge < -0.3 is 20.4 Å². The van der Waals surface area contributed by atoms with Crippen LogP contribution in [0.1, 0.15) is 50.5 Å². The smallest absolute Gasteiger partial charge is 0.263 e. The fraction of sp³-hybridized carbons (Fsp3) is 0.632. The van der Waals surface area contributed by atoms with Gasteiger partial charge in [-0.05, 0) is 44.2 Å². The second-order valence-corrected chi connectivity index (χ2v) is 7.00. The largest absolute Gasteiger partial charge is 0.384 e. The van der Waals surface area contributed by atoms with E-state index in [9.17, 15) is 4.79 Å². The van der Waals surface area contributed by atoms with E-state index in [1.165, 1.54) is 32.1 Å². The molecule has 0 unspecified atom stereocenters. The van der Waals surface area contributed by atoms with E-state index in [1.807, 2.05) is 17.0 Å². The van der Waals surface area contributed by atoms with Gasteiger partial charge in [0.2, 0.25) is 0 Å². The van der Waals surface area contributed by atoms with Crippen LogP contribution in [0.2, 0.25) is 0 Å². The van der Waals surface area contributed by atoms with Gasteiger partial charge in [-0.25, -0.2) is 4.98 Å². The Balaban J connectivity index is 1.54. The highest BCUT2D eigenvalue weighted by atomic mass is 16.6. The lowest BCUT2D eigenvalue weighted by Gasteiger charge is -2.27. The van der Waals surface area contributed by atoms with Gasteiger partial charge >= 0.3 is 0 Å². The molecule has 2 saturated heterocycles. The lowest BCUT2D eigenvalue weighted by Crippen LogP contribution is -2.34. The summed E-state index contributed by atoms with van der Waals surface area (Å²) >= 11 is 0. The van der Waals surface area contributed by atoms with Crippen LogP contribution in [0, 0.1) is 0 Å². The van der Waals surface area contributed by atoms with Crippen molar-refractivity contribution in [2.45, 2.75) is 44.9 Å². The summed E-state index contributed by atoms with van der Waals surface area (Å²) in [5.41, 5.74) is 6.80. The van der Waals surface area contributed by atoms with E-state index < -0.39 is 0 Å². The molecular weight excluding hydrogens is 330 g/mol. The van der Waals surface area contributed by atoms with Crippen molar-refractivity contribution < 1.29 is 9.63 Å². The number of oxime groups is 1. The van der Waals surface area contributed by atoms with Gasteiger partial charge in [-0.15, -0.1) is 0 Å². The lowest BCUT2D eigenvalue weighted by molar-refractivity contribution is -0.136. The number of amides is 1. The van der Waals surface area contributed by atoms with Crippen molar-refractivity contribution in [3.05, 3.63) is 23.9 Å². The van der Waals surface area contributed by atoms with Crippen LogP contribution in [-0.2, 0) is 9.63 Å². The number of amidine groups is 1. The number of pyridine rings is 1. The zero-order valence-electron chi connectivity index (χ0n) is 15.4. The van der Waals surface area contributed by atoms with E-state index in [1.54, 1.807) is 6.20 Å². The number of anilines is 1. The Bertz CT molecular complexity index is 620. The molecule has 0 aliphatic carbocycles. The fourth-order valence-corrected chi connectivity index (χ4v) is 3.49. The third-order valence-electron chi connectivity index (χ3n) is 5.03. The summed E-state index contributed by atoms with van der Waals surface area (Å²) in [5, 5.41) is 3.94. The zero-order chi connectivity index (χ0) is 18.2. The Kier molecular flexibility index (Phi) is 6.68. The monoisotopic (exact) mass is 359 g/mol. The molecule has 0 saturated carbocycles. The van der Waals surface area contributed by atoms with Gasteiger partial charge in [0, 0.05) is 37.9 Å². The van der Waals surface area contributed by atoms with Crippen molar-refractivity contribution >= 4 is 17.6 Å². The molecule has 2 aliphatic rings. The van der Waals surface area contributed by atoms with Crippen LogP contribution < -0.4 is 10.6 Å². The Morgan fingerprint density at radius 2 is 1.73 bits per heavy atom. The average molecular weight is 359 g/mol. The van der Waals surface area contributed by atoms with E-state index in [0.717, 1.165) is 50.4 Å². The first kappa shape index (κ1) is 18.5. The predicted molar refractivity (Wildman–Crippen MR) is 102 cm³/mol. The van der Waals surface area contributed by atoms with Crippen molar-refractivity contribution in [2.24, 2.45) is 10.9 Å². The summed E-state index contributed by atoms with van der Waals surface area (Å²) in [6, 6.07) is 3.75. The molecule has 1 aromatic rings. The summed E-state index contributed by atoms with van der Waals surface area (Å²) in [4.78, 5) is 26.0. The molecule has 26 heavy (non-hydrogen) atoms. The highest BCUT2D eigenvalue weighted by Gasteiger charge is 2.16. The van der Waals surface area contributed by atoms with Gasteiger partial charge in [-0.3, -0.25) is 4.79 Å². The van der Waals surface area contributed by atoms with Crippen molar-refractivity contribution in [1.82, 2.24) is 9.88 Å². The number of hydrogen-bond acceptors (Lipinski definition) is 5. The molecule has 3 heterocycles. The molecule has 1 aromatic heterocycles. The van der Waals surface area contributed by atoms with E-state index in [0.29, 0.717) is 0 Å².